The highest BCUT2D eigenvalue weighted by Crippen LogP contribution is 2.30. The average molecular weight is 268 g/mol. The smallest absolute Gasteiger partial charge is 0.161 e. The molecule has 2 heterocycles. The number of aryl methyl sites for hydroxylation is 2. The van der Waals surface area contributed by atoms with Crippen LogP contribution in [0.3, 0.4) is 0 Å². The molecule has 0 radical (unpaired) electrons. The van der Waals surface area contributed by atoms with Crippen molar-refractivity contribution in [3.05, 3.63) is 35.5 Å². The number of hydrogen-bond acceptors (Lipinski definition) is 4. The molecule has 1 aliphatic heterocycles. The number of rotatable bonds is 2. The van der Waals surface area contributed by atoms with Gasteiger partial charge >= 0.3 is 0 Å². The second-order valence-corrected chi connectivity index (χ2v) is 5.33. The summed E-state index contributed by atoms with van der Waals surface area (Å²) >= 11 is 0. The molecular formula is C16H20N4. The standard InChI is InChI=1S/C16H20N4/c1-3-13-10-15(17)19-16(18-13)12-6-7-14-11(9-12)5-4-8-20(14)2/h6-7,9-10H,3-5,8H2,1-2H3,(H2,17,18,19). The summed E-state index contributed by atoms with van der Waals surface area (Å²) in [4.78, 5) is 11.3. The fourth-order valence-corrected chi connectivity index (χ4v) is 2.75. The van der Waals surface area contributed by atoms with Crippen molar-refractivity contribution in [3.63, 3.8) is 0 Å². The Morgan fingerprint density at radius 1 is 1.25 bits per heavy atom. The van der Waals surface area contributed by atoms with Gasteiger partial charge in [0.05, 0.1) is 0 Å². The Balaban J connectivity index is 2.05. The van der Waals surface area contributed by atoms with Crippen LogP contribution in [0.2, 0.25) is 0 Å². The maximum Gasteiger partial charge on any atom is 0.161 e. The van der Waals surface area contributed by atoms with Gasteiger partial charge in [-0.05, 0) is 43.0 Å². The molecule has 1 aliphatic rings. The number of aromatic nitrogens is 2. The first-order chi connectivity index (χ1) is 9.67. The fourth-order valence-electron chi connectivity index (χ4n) is 2.75. The molecule has 0 aliphatic carbocycles. The summed E-state index contributed by atoms with van der Waals surface area (Å²) in [6, 6.07) is 8.31. The van der Waals surface area contributed by atoms with Gasteiger partial charge in [-0.2, -0.15) is 0 Å². The third-order valence-electron chi connectivity index (χ3n) is 3.85. The van der Waals surface area contributed by atoms with Gasteiger partial charge in [-0.1, -0.05) is 6.92 Å². The van der Waals surface area contributed by atoms with Crippen LogP contribution in [0.5, 0.6) is 0 Å². The van der Waals surface area contributed by atoms with E-state index in [-0.39, 0.29) is 0 Å². The van der Waals surface area contributed by atoms with Crippen molar-refractivity contribution in [1.29, 1.82) is 0 Å². The number of fused-ring (bicyclic) bond motifs is 1. The van der Waals surface area contributed by atoms with E-state index in [1.807, 2.05) is 6.07 Å². The second kappa shape index (κ2) is 5.12. The first kappa shape index (κ1) is 12.9. The number of nitrogen functional groups attached to an aromatic ring is 1. The van der Waals surface area contributed by atoms with E-state index in [1.54, 1.807) is 0 Å². The van der Waals surface area contributed by atoms with E-state index in [0.29, 0.717) is 5.82 Å². The lowest BCUT2D eigenvalue weighted by Gasteiger charge is -2.27. The van der Waals surface area contributed by atoms with E-state index in [4.69, 9.17) is 5.73 Å². The van der Waals surface area contributed by atoms with E-state index in [9.17, 15) is 0 Å². The van der Waals surface area contributed by atoms with Crippen molar-refractivity contribution in [3.8, 4) is 11.4 Å². The van der Waals surface area contributed by atoms with Gasteiger partial charge in [-0.15, -0.1) is 0 Å². The summed E-state index contributed by atoms with van der Waals surface area (Å²) < 4.78 is 0. The number of nitrogens with two attached hydrogens (primary N) is 1. The fraction of sp³-hybridized carbons (Fsp3) is 0.375. The van der Waals surface area contributed by atoms with Crippen molar-refractivity contribution in [1.82, 2.24) is 9.97 Å². The van der Waals surface area contributed by atoms with E-state index in [1.165, 1.54) is 17.7 Å². The molecule has 0 atom stereocenters. The van der Waals surface area contributed by atoms with Crippen LogP contribution in [-0.4, -0.2) is 23.6 Å². The van der Waals surface area contributed by atoms with Crippen LogP contribution in [0.25, 0.3) is 11.4 Å². The Kier molecular flexibility index (Phi) is 3.30. The maximum atomic E-state index is 5.87. The molecule has 0 spiro atoms. The molecule has 104 valence electrons. The van der Waals surface area contributed by atoms with Gasteiger partial charge in [0.25, 0.3) is 0 Å². The van der Waals surface area contributed by atoms with Crippen LogP contribution >= 0.6 is 0 Å². The van der Waals surface area contributed by atoms with Crippen LogP contribution in [-0.2, 0) is 12.8 Å². The molecule has 4 nitrogen and oxygen atoms in total. The zero-order valence-electron chi connectivity index (χ0n) is 12.1. The Morgan fingerprint density at radius 2 is 2.10 bits per heavy atom. The lowest BCUT2D eigenvalue weighted by molar-refractivity contribution is 0.744. The highest BCUT2D eigenvalue weighted by atomic mass is 15.1. The summed E-state index contributed by atoms with van der Waals surface area (Å²) in [5, 5.41) is 0. The molecule has 20 heavy (non-hydrogen) atoms. The summed E-state index contributed by atoms with van der Waals surface area (Å²) in [6.07, 6.45) is 3.19. The minimum atomic E-state index is 0.543. The van der Waals surface area contributed by atoms with Gasteiger partial charge in [-0.3, -0.25) is 0 Å². The quantitative estimate of drug-likeness (QED) is 0.909. The summed E-state index contributed by atoms with van der Waals surface area (Å²) in [5.41, 5.74) is 10.6. The van der Waals surface area contributed by atoms with Gasteiger partial charge in [0.1, 0.15) is 5.82 Å². The van der Waals surface area contributed by atoms with Crippen LogP contribution in [0.4, 0.5) is 11.5 Å². The Morgan fingerprint density at radius 3 is 2.90 bits per heavy atom. The van der Waals surface area contributed by atoms with Crippen molar-refractivity contribution in [2.45, 2.75) is 26.2 Å². The van der Waals surface area contributed by atoms with Crippen molar-refractivity contribution >= 4 is 11.5 Å². The van der Waals surface area contributed by atoms with Crippen LogP contribution in [0, 0.1) is 0 Å². The molecule has 0 amide bonds. The van der Waals surface area contributed by atoms with Gasteiger partial charge in [0, 0.05) is 36.6 Å². The molecular weight excluding hydrogens is 248 g/mol. The zero-order valence-corrected chi connectivity index (χ0v) is 12.1. The molecule has 4 heteroatoms. The summed E-state index contributed by atoms with van der Waals surface area (Å²) in [5.74, 6) is 1.28. The van der Waals surface area contributed by atoms with E-state index < -0.39 is 0 Å². The third-order valence-corrected chi connectivity index (χ3v) is 3.85. The molecule has 0 bridgehead atoms. The minimum Gasteiger partial charge on any atom is -0.384 e. The largest absolute Gasteiger partial charge is 0.384 e. The van der Waals surface area contributed by atoms with Gasteiger partial charge in [0.15, 0.2) is 5.82 Å². The first-order valence-electron chi connectivity index (χ1n) is 7.15. The monoisotopic (exact) mass is 268 g/mol. The van der Waals surface area contributed by atoms with E-state index in [0.717, 1.165) is 36.5 Å². The Hall–Kier alpha value is -2.10. The van der Waals surface area contributed by atoms with Gasteiger partial charge in [0.2, 0.25) is 0 Å². The predicted octanol–water partition coefficient (Wildman–Crippen LogP) is 2.67. The minimum absolute atomic E-state index is 0.543. The molecule has 2 aromatic rings. The lowest BCUT2D eigenvalue weighted by Crippen LogP contribution is -2.24. The summed E-state index contributed by atoms with van der Waals surface area (Å²) in [7, 11) is 2.14. The molecule has 1 aromatic heterocycles. The van der Waals surface area contributed by atoms with Gasteiger partial charge < -0.3 is 10.6 Å². The first-order valence-corrected chi connectivity index (χ1v) is 7.15. The van der Waals surface area contributed by atoms with Crippen molar-refractivity contribution < 1.29 is 0 Å². The Labute approximate surface area is 119 Å². The van der Waals surface area contributed by atoms with Gasteiger partial charge in [-0.25, -0.2) is 9.97 Å². The number of nitrogens with zero attached hydrogens (tertiary/aromatic N) is 3. The molecule has 0 fully saturated rings. The molecule has 1 aromatic carbocycles. The van der Waals surface area contributed by atoms with Crippen LogP contribution < -0.4 is 10.6 Å². The maximum absolute atomic E-state index is 5.87. The number of hydrogen-bond donors (Lipinski definition) is 1. The molecule has 0 unspecified atom stereocenters. The normalized spacial score (nSPS) is 14.2. The second-order valence-electron chi connectivity index (χ2n) is 5.33. The zero-order chi connectivity index (χ0) is 14.1. The van der Waals surface area contributed by atoms with Crippen LogP contribution in [0.1, 0.15) is 24.6 Å². The molecule has 0 saturated heterocycles. The van der Waals surface area contributed by atoms with Crippen molar-refractivity contribution in [2.75, 3.05) is 24.2 Å². The van der Waals surface area contributed by atoms with E-state index >= 15 is 0 Å². The highest BCUT2D eigenvalue weighted by Gasteiger charge is 2.15. The molecule has 0 saturated carbocycles. The predicted molar refractivity (Wildman–Crippen MR) is 82.8 cm³/mol. The number of anilines is 2. The molecule has 3 rings (SSSR count). The summed E-state index contributed by atoms with van der Waals surface area (Å²) in [6.45, 7) is 3.20. The Bertz CT molecular complexity index is 636. The number of benzene rings is 1. The molecule has 2 N–H and O–H groups in total. The SMILES string of the molecule is CCc1cc(N)nc(-c2ccc3c(c2)CCCN3C)n1. The van der Waals surface area contributed by atoms with Crippen molar-refractivity contribution in [2.24, 2.45) is 0 Å². The highest BCUT2D eigenvalue weighted by molar-refractivity contribution is 5.66. The third kappa shape index (κ3) is 2.33. The van der Waals surface area contributed by atoms with Crippen LogP contribution in [0.15, 0.2) is 24.3 Å². The lowest BCUT2D eigenvalue weighted by atomic mass is 9.99. The topological polar surface area (TPSA) is 55.0 Å². The average Bonchev–Trinajstić information content (AvgIpc) is 2.46. The van der Waals surface area contributed by atoms with E-state index in [2.05, 4.69) is 47.0 Å².